The van der Waals surface area contributed by atoms with E-state index in [1.54, 1.807) is 0 Å². The molecular weight excluding hydrogens is 276 g/mol. The van der Waals surface area contributed by atoms with Crippen molar-refractivity contribution in [2.75, 3.05) is 0 Å². The Morgan fingerprint density at radius 2 is 2.18 bits per heavy atom. The van der Waals surface area contributed by atoms with Crippen molar-refractivity contribution in [3.8, 4) is 0 Å². The third kappa shape index (κ3) is 1.72. The van der Waals surface area contributed by atoms with E-state index in [1.807, 2.05) is 0 Å². The molecule has 90 valence electrons. The minimum Gasteiger partial charge on any atom is -0.357 e. The lowest BCUT2D eigenvalue weighted by atomic mass is 9.74. The van der Waals surface area contributed by atoms with Crippen LogP contribution in [0.1, 0.15) is 37.6 Å². The van der Waals surface area contributed by atoms with E-state index in [9.17, 15) is 0 Å². The molecule has 0 saturated heterocycles. The Labute approximate surface area is 110 Å². The highest BCUT2D eigenvalue weighted by molar-refractivity contribution is 9.10. The molecule has 1 heterocycles. The fourth-order valence-electron chi connectivity index (χ4n) is 3.07. The number of fused-ring (bicyclic) bond motifs is 3. The Morgan fingerprint density at radius 3 is 2.94 bits per heavy atom. The summed E-state index contributed by atoms with van der Waals surface area (Å²) >= 11 is 3.60. The molecule has 0 fully saturated rings. The zero-order chi connectivity index (χ0) is 12.2. The van der Waals surface area contributed by atoms with Crippen molar-refractivity contribution < 1.29 is 0 Å². The second-order valence-corrected chi connectivity index (χ2v) is 6.69. The molecule has 1 aromatic heterocycles. The van der Waals surface area contributed by atoms with Gasteiger partial charge < -0.3 is 10.7 Å². The van der Waals surface area contributed by atoms with E-state index in [0.29, 0.717) is 5.41 Å². The third-order valence-corrected chi connectivity index (χ3v) is 4.36. The van der Waals surface area contributed by atoms with E-state index in [1.165, 1.54) is 22.2 Å². The number of hydrogen-bond donors (Lipinski definition) is 2. The molecule has 0 radical (unpaired) electrons. The summed E-state index contributed by atoms with van der Waals surface area (Å²) in [5.74, 6) is 0. The summed E-state index contributed by atoms with van der Waals surface area (Å²) < 4.78 is 1.12. The average molecular weight is 293 g/mol. The van der Waals surface area contributed by atoms with Crippen LogP contribution >= 0.6 is 15.9 Å². The van der Waals surface area contributed by atoms with Crippen LogP contribution in [-0.4, -0.2) is 4.98 Å². The summed E-state index contributed by atoms with van der Waals surface area (Å²) in [5, 5.41) is 1.28. The SMILES string of the molecule is CC1(C)Cc2[nH]c3c(Br)cccc3c2C(N)C1. The van der Waals surface area contributed by atoms with Crippen molar-refractivity contribution in [2.45, 2.75) is 32.7 Å². The number of benzene rings is 1. The normalized spacial score (nSPS) is 22.7. The highest BCUT2D eigenvalue weighted by atomic mass is 79.9. The van der Waals surface area contributed by atoms with Gasteiger partial charge in [0.15, 0.2) is 0 Å². The molecule has 1 aliphatic carbocycles. The maximum Gasteiger partial charge on any atom is 0.0603 e. The molecular formula is C14H17BrN2. The fourth-order valence-corrected chi connectivity index (χ4v) is 3.53. The molecule has 1 unspecified atom stereocenters. The Bertz CT molecular complexity index is 583. The molecule has 2 nitrogen and oxygen atoms in total. The number of aromatic amines is 1. The van der Waals surface area contributed by atoms with Gasteiger partial charge in [0.05, 0.1) is 5.52 Å². The number of nitrogens with one attached hydrogen (secondary N) is 1. The van der Waals surface area contributed by atoms with Gasteiger partial charge in [-0.3, -0.25) is 0 Å². The summed E-state index contributed by atoms with van der Waals surface area (Å²) in [7, 11) is 0. The maximum absolute atomic E-state index is 6.35. The van der Waals surface area contributed by atoms with E-state index in [0.717, 1.165) is 17.3 Å². The summed E-state index contributed by atoms with van der Waals surface area (Å²) in [6, 6.07) is 6.46. The second kappa shape index (κ2) is 3.59. The first-order chi connectivity index (χ1) is 7.98. The van der Waals surface area contributed by atoms with Gasteiger partial charge in [0.2, 0.25) is 0 Å². The number of aromatic nitrogens is 1. The second-order valence-electron chi connectivity index (χ2n) is 5.83. The molecule has 1 aliphatic rings. The topological polar surface area (TPSA) is 41.8 Å². The molecule has 0 saturated carbocycles. The van der Waals surface area contributed by atoms with Crippen LogP contribution in [0.2, 0.25) is 0 Å². The van der Waals surface area contributed by atoms with Gasteiger partial charge in [0.25, 0.3) is 0 Å². The van der Waals surface area contributed by atoms with Gasteiger partial charge in [-0.1, -0.05) is 26.0 Å². The van der Waals surface area contributed by atoms with Crippen LogP contribution < -0.4 is 5.73 Å². The average Bonchev–Trinajstić information content (AvgIpc) is 2.55. The number of hydrogen-bond acceptors (Lipinski definition) is 1. The monoisotopic (exact) mass is 292 g/mol. The first-order valence-corrected chi connectivity index (χ1v) is 6.82. The quantitative estimate of drug-likeness (QED) is 0.760. The van der Waals surface area contributed by atoms with E-state index < -0.39 is 0 Å². The van der Waals surface area contributed by atoms with E-state index in [4.69, 9.17) is 5.73 Å². The molecule has 0 aliphatic heterocycles. The molecule has 0 spiro atoms. The Kier molecular flexibility index (Phi) is 2.39. The highest BCUT2D eigenvalue weighted by Crippen LogP contribution is 2.43. The molecule has 3 heteroatoms. The fraction of sp³-hybridized carbons (Fsp3) is 0.429. The number of H-pyrrole nitrogens is 1. The highest BCUT2D eigenvalue weighted by Gasteiger charge is 2.33. The summed E-state index contributed by atoms with van der Waals surface area (Å²) in [6.07, 6.45) is 2.14. The minimum absolute atomic E-state index is 0.150. The first kappa shape index (κ1) is 11.3. The van der Waals surface area contributed by atoms with E-state index >= 15 is 0 Å². The summed E-state index contributed by atoms with van der Waals surface area (Å²) in [5.41, 5.74) is 10.5. The van der Waals surface area contributed by atoms with Crippen molar-refractivity contribution in [3.05, 3.63) is 33.9 Å². The van der Waals surface area contributed by atoms with Crippen molar-refractivity contribution in [1.29, 1.82) is 0 Å². The first-order valence-electron chi connectivity index (χ1n) is 6.02. The Hall–Kier alpha value is -0.800. The van der Waals surface area contributed by atoms with Gasteiger partial charge in [0, 0.05) is 21.6 Å². The lowest BCUT2D eigenvalue weighted by Gasteiger charge is -2.33. The van der Waals surface area contributed by atoms with Crippen molar-refractivity contribution in [1.82, 2.24) is 4.98 Å². The molecule has 3 rings (SSSR count). The standard InChI is InChI=1S/C14H17BrN2/c1-14(2)6-10(16)12-8-4-3-5-9(15)13(8)17-11(12)7-14/h3-5,10,17H,6-7,16H2,1-2H3. The van der Waals surface area contributed by atoms with Crippen LogP contribution in [0.5, 0.6) is 0 Å². The zero-order valence-electron chi connectivity index (χ0n) is 10.2. The zero-order valence-corrected chi connectivity index (χ0v) is 11.8. The van der Waals surface area contributed by atoms with Crippen LogP contribution in [0.4, 0.5) is 0 Å². The molecule has 1 aromatic carbocycles. The van der Waals surface area contributed by atoms with Crippen LogP contribution in [0.15, 0.2) is 22.7 Å². The molecule has 2 aromatic rings. The molecule has 0 bridgehead atoms. The summed E-state index contributed by atoms with van der Waals surface area (Å²) in [6.45, 7) is 4.58. The predicted octanol–water partition coefficient (Wildman–Crippen LogP) is 3.90. The Morgan fingerprint density at radius 1 is 1.41 bits per heavy atom. The van der Waals surface area contributed by atoms with Crippen molar-refractivity contribution in [3.63, 3.8) is 0 Å². The van der Waals surface area contributed by atoms with Crippen LogP contribution in [0.25, 0.3) is 10.9 Å². The van der Waals surface area contributed by atoms with Gasteiger partial charge in [0.1, 0.15) is 0 Å². The van der Waals surface area contributed by atoms with Gasteiger partial charge >= 0.3 is 0 Å². The van der Waals surface area contributed by atoms with Gasteiger partial charge in [-0.2, -0.15) is 0 Å². The largest absolute Gasteiger partial charge is 0.357 e. The molecule has 3 N–H and O–H groups in total. The minimum atomic E-state index is 0.150. The number of nitrogens with two attached hydrogens (primary N) is 1. The molecule has 1 atom stereocenters. The number of para-hydroxylation sites is 1. The van der Waals surface area contributed by atoms with Gasteiger partial charge in [-0.25, -0.2) is 0 Å². The maximum atomic E-state index is 6.35. The molecule has 0 amide bonds. The number of rotatable bonds is 0. The third-order valence-electron chi connectivity index (χ3n) is 3.70. The van der Waals surface area contributed by atoms with Crippen LogP contribution in [-0.2, 0) is 6.42 Å². The van der Waals surface area contributed by atoms with Gasteiger partial charge in [-0.05, 0) is 45.8 Å². The summed E-state index contributed by atoms with van der Waals surface area (Å²) in [4.78, 5) is 3.54. The van der Waals surface area contributed by atoms with Crippen molar-refractivity contribution in [2.24, 2.45) is 11.1 Å². The van der Waals surface area contributed by atoms with Crippen LogP contribution in [0.3, 0.4) is 0 Å². The smallest absolute Gasteiger partial charge is 0.0603 e. The van der Waals surface area contributed by atoms with Gasteiger partial charge in [-0.15, -0.1) is 0 Å². The van der Waals surface area contributed by atoms with E-state index in [2.05, 4.69) is 53.0 Å². The number of halogens is 1. The lowest BCUT2D eigenvalue weighted by Crippen LogP contribution is -2.29. The van der Waals surface area contributed by atoms with Crippen molar-refractivity contribution >= 4 is 26.8 Å². The predicted molar refractivity (Wildman–Crippen MR) is 75.0 cm³/mol. The Balaban J connectivity index is 2.28. The lowest BCUT2D eigenvalue weighted by molar-refractivity contribution is 0.281. The molecule has 17 heavy (non-hydrogen) atoms. The van der Waals surface area contributed by atoms with Crippen LogP contribution in [0, 0.1) is 5.41 Å². The van der Waals surface area contributed by atoms with E-state index in [-0.39, 0.29) is 6.04 Å².